The quantitative estimate of drug-likeness (QED) is 0.360. The molecular formula is C25H23ClN4O3S. The lowest BCUT2D eigenvalue weighted by Gasteiger charge is -2.34. The third-order valence-corrected chi connectivity index (χ3v) is 6.77. The Hall–Kier alpha value is -3.20. The molecule has 7 nitrogen and oxygen atoms in total. The standard InChI is InChI=1S/C25H23ClN4O3S/c26-19-9-7-18(8-10-19)17-32-21-5-2-1-4-20(21)25(31)30-13-11-29(12-14-30)16-23-27-24(28-33-23)22-6-3-15-34-22/h1-10,15H,11-14,16-17H2. The van der Waals surface area contributed by atoms with Crippen molar-refractivity contribution in [3.63, 3.8) is 0 Å². The van der Waals surface area contributed by atoms with Crippen molar-refractivity contribution < 1.29 is 14.1 Å². The van der Waals surface area contributed by atoms with Crippen molar-refractivity contribution in [2.75, 3.05) is 26.2 Å². The van der Waals surface area contributed by atoms with Crippen LogP contribution in [0, 0.1) is 0 Å². The van der Waals surface area contributed by atoms with Gasteiger partial charge >= 0.3 is 0 Å². The van der Waals surface area contributed by atoms with E-state index < -0.39 is 0 Å². The molecule has 0 bridgehead atoms. The Balaban J connectivity index is 1.17. The van der Waals surface area contributed by atoms with Gasteiger partial charge in [-0.15, -0.1) is 11.3 Å². The molecule has 3 heterocycles. The predicted molar refractivity (Wildman–Crippen MR) is 131 cm³/mol. The average molecular weight is 495 g/mol. The summed E-state index contributed by atoms with van der Waals surface area (Å²) in [5.74, 6) is 1.76. The summed E-state index contributed by atoms with van der Waals surface area (Å²) < 4.78 is 11.4. The number of hydrogen-bond acceptors (Lipinski definition) is 7. The molecule has 2 aromatic carbocycles. The first-order valence-electron chi connectivity index (χ1n) is 11.0. The number of benzene rings is 2. The third-order valence-electron chi connectivity index (χ3n) is 5.65. The molecule has 1 saturated heterocycles. The van der Waals surface area contributed by atoms with Crippen molar-refractivity contribution in [1.82, 2.24) is 19.9 Å². The number of piperazine rings is 1. The van der Waals surface area contributed by atoms with Crippen LogP contribution in [0.5, 0.6) is 5.75 Å². The molecule has 34 heavy (non-hydrogen) atoms. The van der Waals surface area contributed by atoms with E-state index in [0.717, 1.165) is 23.5 Å². The van der Waals surface area contributed by atoms with Gasteiger partial charge in [-0.1, -0.05) is 47.1 Å². The zero-order chi connectivity index (χ0) is 23.3. The third kappa shape index (κ3) is 5.30. The van der Waals surface area contributed by atoms with E-state index in [1.807, 2.05) is 70.9 Å². The van der Waals surface area contributed by atoms with Gasteiger partial charge in [-0.05, 0) is 41.3 Å². The van der Waals surface area contributed by atoms with Crippen molar-refractivity contribution in [1.29, 1.82) is 0 Å². The van der Waals surface area contributed by atoms with Gasteiger partial charge in [0.05, 0.1) is 17.0 Å². The first-order valence-corrected chi connectivity index (χ1v) is 12.3. The zero-order valence-electron chi connectivity index (χ0n) is 18.4. The Labute approximate surface area is 206 Å². The molecule has 0 radical (unpaired) electrons. The molecule has 0 saturated carbocycles. The Morgan fingerprint density at radius 3 is 2.59 bits per heavy atom. The largest absolute Gasteiger partial charge is 0.488 e. The molecule has 0 aliphatic carbocycles. The van der Waals surface area contributed by atoms with Gasteiger partial charge in [-0.3, -0.25) is 9.69 Å². The summed E-state index contributed by atoms with van der Waals surface area (Å²) in [5.41, 5.74) is 1.56. The van der Waals surface area contributed by atoms with Gasteiger partial charge in [0, 0.05) is 31.2 Å². The van der Waals surface area contributed by atoms with E-state index >= 15 is 0 Å². The van der Waals surface area contributed by atoms with Crippen LogP contribution in [-0.4, -0.2) is 52.0 Å². The molecule has 5 rings (SSSR count). The Morgan fingerprint density at radius 1 is 1.03 bits per heavy atom. The maximum absolute atomic E-state index is 13.2. The van der Waals surface area contributed by atoms with Gasteiger partial charge in [-0.25, -0.2) is 0 Å². The maximum Gasteiger partial charge on any atom is 0.257 e. The van der Waals surface area contributed by atoms with E-state index in [-0.39, 0.29) is 5.91 Å². The van der Waals surface area contributed by atoms with Gasteiger partial charge < -0.3 is 14.2 Å². The van der Waals surface area contributed by atoms with Crippen LogP contribution in [0.1, 0.15) is 21.8 Å². The second kappa shape index (κ2) is 10.4. The highest BCUT2D eigenvalue weighted by atomic mass is 35.5. The Bertz CT molecular complexity index is 1240. The number of aromatic nitrogens is 2. The minimum Gasteiger partial charge on any atom is -0.488 e. The topological polar surface area (TPSA) is 71.7 Å². The van der Waals surface area contributed by atoms with Crippen molar-refractivity contribution in [3.8, 4) is 16.5 Å². The highest BCUT2D eigenvalue weighted by molar-refractivity contribution is 7.13. The lowest BCUT2D eigenvalue weighted by atomic mass is 10.1. The smallest absolute Gasteiger partial charge is 0.257 e. The van der Waals surface area contributed by atoms with Crippen LogP contribution in [0.2, 0.25) is 5.02 Å². The summed E-state index contributed by atoms with van der Waals surface area (Å²) >= 11 is 7.54. The van der Waals surface area contributed by atoms with Crippen LogP contribution in [0.15, 0.2) is 70.6 Å². The molecule has 4 aromatic rings. The highest BCUT2D eigenvalue weighted by Gasteiger charge is 2.25. The second-order valence-electron chi connectivity index (χ2n) is 7.97. The lowest BCUT2D eigenvalue weighted by Crippen LogP contribution is -2.48. The predicted octanol–water partition coefficient (Wildman–Crippen LogP) is 4.99. The number of rotatable bonds is 7. The minimum atomic E-state index is -0.0240. The number of carbonyl (C=O) groups is 1. The van der Waals surface area contributed by atoms with Crippen LogP contribution >= 0.6 is 22.9 Å². The van der Waals surface area contributed by atoms with Crippen LogP contribution in [0.25, 0.3) is 10.7 Å². The zero-order valence-corrected chi connectivity index (χ0v) is 20.0. The van der Waals surface area contributed by atoms with Crippen molar-refractivity contribution in [2.24, 2.45) is 0 Å². The van der Waals surface area contributed by atoms with Gasteiger partial charge in [0.1, 0.15) is 12.4 Å². The number of para-hydroxylation sites is 1. The Morgan fingerprint density at radius 2 is 1.82 bits per heavy atom. The second-order valence-corrected chi connectivity index (χ2v) is 9.35. The molecule has 9 heteroatoms. The highest BCUT2D eigenvalue weighted by Crippen LogP contribution is 2.24. The summed E-state index contributed by atoms with van der Waals surface area (Å²) in [7, 11) is 0. The van der Waals surface area contributed by atoms with E-state index in [1.54, 1.807) is 11.3 Å². The number of amides is 1. The molecule has 0 N–H and O–H groups in total. The van der Waals surface area contributed by atoms with Crippen LogP contribution < -0.4 is 4.74 Å². The van der Waals surface area contributed by atoms with Crippen LogP contribution in [0.3, 0.4) is 0 Å². The fourth-order valence-electron chi connectivity index (χ4n) is 3.81. The number of hydrogen-bond donors (Lipinski definition) is 0. The van der Waals surface area contributed by atoms with Crippen LogP contribution in [-0.2, 0) is 13.2 Å². The van der Waals surface area contributed by atoms with Gasteiger partial charge in [-0.2, -0.15) is 4.98 Å². The first kappa shape index (κ1) is 22.6. The summed E-state index contributed by atoms with van der Waals surface area (Å²) in [4.78, 5) is 22.8. The van der Waals surface area contributed by atoms with E-state index in [9.17, 15) is 4.79 Å². The monoisotopic (exact) mass is 494 g/mol. The SMILES string of the molecule is O=C(c1ccccc1OCc1ccc(Cl)cc1)N1CCN(Cc2nc(-c3cccs3)no2)CC1. The Kier molecular flexibility index (Phi) is 6.89. The average Bonchev–Trinajstić information content (AvgIpc) is 3.56. The first-order chi connectivity index (χ1) is 16.7. The van der Waals surface area contributed by atoms with Gasteiger partial charge in [0.2, 0.25) is 11.7 Å². The van der Waals surface area contributed by atoms with Crippen molar-refractivity contribution in [2.45, 2.75) is 13.2 Å². The summed E-state index contributed by atoms with van der Waals surface area (Å²) in [6, 6.07) is 18.8. The fourth-order valence-corrected chi connectivity index (χ4v) is 4.58. The number of thiophene rings is 1. The van der Waals surface area contributed by atoms with Crippen LogP contribution in [0.4, 0.5) is 0 Å². The fraction of sp³-hybridized carbons (Fsp3) is 0.240. The summed E-state index contributed by atoms with van der Waals surface area (Å²) in [6.07, 6.45) is 0. The molecule has 174 valence electrons. The van der Waals surface area contributed by atoms with Crippen molar-refractivity contribution in [3.05, 3.63) is 88.1 Å². The molecule has 0 spiro atoms. The normalized spacial score (nSPS) is 14.3. The molecule has 0 unspecified atom stereocenters. The van der Waals surface area contributed by atoms with E-state index in [4.69, 9.17) is 20.9 Å². The molecule has 2 aromatic heterocycles. The number of halogens is 1. The molecule has 1 amide bonds. The maximum atomic E-state index is 13.2. The van der Waals surface area contributed by atoms with Gasteiger partial charge in [0.25, 0.3) is 5.91 Å². The summed E-state index contributed by atoms with van der Waals surface area (Å²) in [5, 5.41) is 6.74. The van der Waals surface area contributed by atoms with E-state index in [2.05, 4.69) is 15.0 Å². The van der Waals surface area contributed by atoms with E-state index in [1.165, 1.54) is 0 Å². The number of nitrogens with zero attached hydrogens (tertiary/aromatic N) is 4. The number of carbonyl (C=O) groups excluding carboxylic acids is 1. The number of ether oxygens (including phenoxy) is 1. The minimum absolute atomic E-state index is 0.0240. The molecule has 1 fully saturated rings. The van der Waals surface area contributed by atoms with Gasteiger partial charge in [0.15, 0.2) is 0 Å². The lowest BCUT2D eigenvalue weighted by molar-refractivity contribution is 0.0610. The van der Waals surface area contributed by atoms with Crippen molar-refractivity contribution >= 4 is 28.8 Å². The molecular weight excluding hydrogens is 472 g/mol. The summed E-state index contributed by atoms with van der Waals surface area (Å²) in [6.45, 7) is 3.65. The molecule has 1 aliphatic rings. The molecule has 0 atom stereocenters. The van der Waals surface area contributed by atoms with E-state index in [0.29, 0.717) is 54.3 Å². The molecule has 1 aliphatic heterocycles.